The maximum absolute atomic E-state index is 12.3. The number of carbonyl (C=O) groups excluding carboxylic acids is 1. The van der Waals surface area contributed by atoms with Crippen LogP contribution in [0.15, 0.2) is 54.6 Å². The van der Waals surface area contributed by atoms with Crippen molar-refractivity contribution in [2.45, 2.75) is 25.9 Å². The summed E-state index contributed by atoms with van der Waals surface area (Å²) < 4.78 is 0. The van der Waals surface area contributed by atoms with Crippen LogP contribution in [0.1, 0.15) is 25.5 Å². The summed E-state index contributed by atoms with van der Waals surface area (Å²) in [6.45, 7) is 3.69. The highest BCUT2D eigenvalue weighted by Gasteiger charge is 2.20. The molecular weight excluding hydrogens is 294 g/mol. The van der Waals surface area contributed by atoms with Gasteiger partial charge in [0, 0.05) is 12.1 Å². The first kappa shape index (κ1) is 16.6. The number of hydrogen-bond donors (Lipinski definition) is 2. The molecule has 2 aromatic carbocycles. The molecule has 2 aromatic rings. The van der Waals surface area contributed by atoms with Gasteiger partial charge in [-0.25, -0.2) is 0 Å². The lowest BCUT2D eigenvalue weighted by Gasteiger charge is -2.20. The number of carbonyl (C=O) groups is 1. The van der Waals surface area contributed by atoms with Crippen molar-refractivity contribution < 1.29 is 9.72 Å². The molecule has 0 aliphatic carbocycles. The Balaban J connectivity index is 2.02. The van der Waals surface area contributed by atoms with Crippen LogP contribution in [0, 0.1) is 10.1 Å². The molecule has 0 saturated heterocycles. The predicted molar refractivity (Wildman–Crippen MR) is 89.2 cm³/mol. The highest BCUT2D eigenvalue weighted by atomic mass is 16.6. The normalized spacial score (nSPS) is 13.1. The lowest BCUT2D eigenvalue weighted by atomic mass is 10.1. The fourth-order valence-electron chi connectivity index (χ4n) is 2.27. The van der Waals surface area contributed by atoms with Gasteiger partial charge >= 0.3 is 0 Å². The summed E-state index contributed by atoms with van der Waals surface area (Å²) in [5.41, 5.74) is 1.14. The third kappa shape index (κ3) is 4.37. The molecule has 0 saturated carbocycles. The fourth-order valence-corrected chi connectivity index (χ4v) is 2.27. The Bertz CT molecular complexity index is 688. The van der Waals surface area contributed by atoms with Gasteiger partial charge in [-0.05, 0) is 25.5 Å². The summed E-state index contributed by atoms with van der Waals surface area (Å²) in [5.74, 6) is -0.318. The first-order valence-corrected chi connectivity index (χ1v) is 7.34. The quantitative estimate of drug-likeness (QED) is 0.633. The number of rotatable bonds is 6. The van der Waals surface area contributed by atoms with E-state index < -0.39 is 11.0 Å². The first-order valence-electron chi connectivity index (χ1n) is 7.34. The van der Waals surface area contributed by atoms with Gasteiger partial charge in [-0.15, -0.1) is 0 Å². The van der Waals surface area contributed by atoms with E-state index >= 15 is 0 Å². The van der Waals surface area contributed by atoms with Crippen molar-refractivity contribution in [2.24, 2.45) is 0 Å². The third-order valence-electron chi connectivity index (χ3n) is 3.55. The van der Waals surface area contributed by atoms with Gasteiger partial charge < -0.3 is 5.32 Å². The average molecular weight is 313 g/mol. The molecule has 0 unspecified atom stereocenters. The summed E-state index contributed by atoms with van der Waals surface area (Å²) in [6.07, 6.45) is 0. The van der Waals surface area contributed by atoms with Crippen LogP contribution in [-0.2, 0) is 4.79 Å². The van der Waals surface area contributed by atoms with Crippen LogP contribution in [0.25, 0.3) is 0 Å². The summed E-state index contributed by atoms with van der Waals surface area (Å²) in [5, 5.41) is 16.8. The van der Waals surface area contributed by atoms with Crippen molar-refractivity contribution in [3.05, 3.63) is 70.3 Å². The molecule has 6 heteroatoms. The second kappa shape index (κ2) is 7.51. The molecule has 2 N–H and O–H groups in total. The molecule has 1 amide bonds. The van der Waals surface area contributed by atoms with Crippen LogP contribution in [0.5, 0.6) is 0 Å². The maximum Gasteiger partial charge on any atom is 0.292 e. The number of hydrogen-bond acceptors (Lipinski definition) is 4. The molecule has 0 bridgehead atoms. The highest BCUT2D eigenvalue weighted by Crippen LogP contribution is 2.23. The largest absolute Gasteiger partial charge is 0.319 e. The van der Waals surface area contributed by atoms with Crippen molar-refractivity contribution in [1.29, 1.82) is 0 Å². The first-order chi connectivity index (χ1) is 11.0. The zero-order valence-corrected chi connectivity index (χ0v) is 13.0. The number of benzene rings is 2. The van der Waals surface area contributed by atoms with Gasteiger partial charge in [0.1, 0.15) is 5.69 Å². The number of nitro groups is 1. The standard InChI is InChI=1S/C17H19N3O3/c1-12(14-8-4-3-5-9-14)18-13(2)17(21)19-15-10-6-7-11-16(15)20(22)23/h3-13,18H,1-2H3,(H,19,21)/t12-,13+/m1/s1. The van der Waals surface area contributed by atoms with Crippen LogP contribution in [-0.4, -0.2) is 16.9 Å². The number of nitro benzene ring substituents is 1. The van der Waals surface area contributed by atoms with E-state index in [2.05, 4.69) is 10.6 Å². The van der Waals surface area contributed by atoms with Gasteiger partial charge in [0.15, 0.2) is 0 Å². The topological polar surface area (TPSA) is 84.3 Å². The second-order valence-electron chi connectivity index (χ2n) is 5.28. The summed E-state index contributed by atoms with van der Waals surface area (Å²) >= 11 is 0. The number of nitrogens with one attached hydrogen (secondary N) is 2. The number of anilines is 1. The van der Waals surface area contributed by atoms with Crippen LogP contribution < -0.4 is 10.6 Å². The Kier molecular flexibility index (Phi) is 5.43. The van der Waals surface area contributed by atoms with Crippen LogP contribution in [0.2, 0.25) is 0 Å². The lowest BCUT2D eigenvalue weighted by molar-refractivity contribution is -0.383. The summed E-state index contributed by atoms with van der Waals surface area (Å²) in [7, 11) is 0. The Morgan fingerprint density at radius 1 is 1.04 bits per heavy atom. The van der Waals surface area contributed by atoms with Crippen LogP contribution in [0.4, 0.5) is 11.4 Å². The van der Waals surface area contributed by atoms with Gasteiger partial charge in [0.05, 0.1) is 11.0 Å². The fraction of sp³-hybridized carbons (Fsp3) is 0.235. The summed E-state index contributed by atoms with van der Waals surface area (Å²) in [6, 6.07) is 15.3. The zero-order chi connectivity index (χ0) is 16.8. The van der Waals surface area contributed by atoms with Gasteiger partial charge in [-0.1, -0.05) is 42.5 Å². The molecular formula is C17H19N3O3. The van der Waals surface area contributed by atoms with E-state index in [9.17, 15) is 14.9 Å². The van der Waals surface area contributed by atoms with E-state index in [0.29, 0.717) is 0 Å². The number of para-hydroxylation sites is 2. The maximum atomic E-state index is 12.3. The Hall–Kier alpha value is -2.73. The van der Waals surface area contributed by atoms with E-state index in [1.54, 1.807) is 19.1 Å². The van der Waals surface area contributed by atoms with Crippen molar-refractivity contribution in [2.75, 3.05) is 5.32 Å². The predicted octanol–water partition coefficient (Wildman–Crippen LogP) is 3.27. The summed E-state index contributed by atoms with van der Waals surface area (Å²) in [4.78, 5) is 22.7. The highest BCUT2D eigenvalue weighted by molar-refractivity contribution is 5.96. The van der Waals surface area contributed by atoms with Crippen molar-refractivity contribution >= 4 is 17.3 Å². The van der Waals surface area contributed by atoms with E-state index in [4.69, 9.17) is 0 Å². The Labute approximate surface area is 134 Å². The van der Waals surface area contributed by atoms with Gasteiger partial charge in [0.25, 0.3) is 5.69 Å². The molecule has 23 heavy (non-hydrogen) atoms. The van der Waals surface area contributed by atoms with Crippen LogP contribution in [0.3, 0.4) is 0 Å². The average Bonchev–Trinajstić information content (AvgIpc) is 2.55. The minimum absolute atomic E-state index is 0.0114. The minimum atomic E-state index is -0.514. The van der Waals surface area contributed by atoms with E-state index in [0.717, 1.165) is 5.56 Å². The molecule has 0 aliphatic heterocycles. The van der Waals surface area contributed by atoms with Crippen molar-refractivity contribution in [3.63, 3.8) is 0 Å². The van der Waals surface area contributed by atoms with Crippen molar-refractivity contribution in [1.82, 2.24) is 5.32 Å². The Morgan fingerprint density at radius 2 is 1.65 bits per heavy atom. The zero-order valence-electron chi connectivity index (χ0n) is 13.0. The van der Waals surface area contributed by atoms with E-state index in [1.165, 1.54) is 12.1 Å². The van der Waals surface area contributed by atoms with Crippen LogP contribution >= 0.6 is 0 Å². The lowest BCUT2D eigenvalue weighted by Crippen LogP contribution is -2.39. The Morgan fingerprint density at radius 3 is 2.30 bits per heavy atom. The molecule has 2 atom stereocenters. The number of nitrogens with zero attached hydrogens (tertiary/aromatic N) is 1. The smallest absolute Gasteiger partial charge is 0.292 e. The SMILES string of the molecule is C[C@H](N[C@H](C)c1ccccc1)C(=O)Nc1ccccc1[N+](=O)[O-]. The molecule has 0 aliphatic rings. The van der Waals surface area contributed by atoms with Gasteiger partial charge in [0.2, 0.25) is 5.91 Å². The molecule has 0 radical (unpaired) electrons. The van der Waals surface area contributed by atoms with E-state index in [1.807, 2.05) is 37.3 Å². The monoisotopic (exact) mass is 313 g/mol. The molecule has 0 fully saturated rings. The molecule has 0 aromatic heterocycles. The molecule has 120 valence electrons. The van der Waals surface area contributed by atoms with E-state index in [-0.39, 0.29) is 23.3 Å². The van der Waals surface area contributed by atoms with Gasteiger partial charge in [-0.2, -0.15) is 0 Å². The number of amides is 1. The molecule has 2 rings (SSSR count). The second-order valence-corrected chi connectivity index (χ2v) is 5.28. The van der Waals surface area contributed by atoms with Crippen molar-refractivity contribution in [3.8, 4) is 0 Å². The molecule has 0 heterocycles. The minimum Gasteiger partial charge on any atom is -0.319 e. The molecule has 0 spiro atoms. The van der Waals surface area contributed by atoms with Gasteiger partial charge in [-0.3, -0.25) is 20.2 Å². The molecule has 6 nitrogen and oxygen atoms in total. The third-order valence-corrected chi connectivity index (χ3v) is 3.55.